The zero-order valence-electron chi connectivity index (χ0n) is 9.03. The minimum absolute atomic E-state index is 0.112. The molecule has 0 saturated heterocycles. The Morgan fingerprint density at radius 3 is 2.94 bits per heavy atom. The number of unbranched alkanes of at least 4 members (excludes halogenated alkanes) is 2. The zero-order valence-corrected chi connectivity index (χ0v) is 9.03. The van der Waals surface area contributed by atoms with Crippen LogP contribution in [0.25, 0.3) is 0 Å². The maximum absolute atomic E-state index is 11.4. The van der Waals surface area contributed by atoms with Crippen LogP contribution in [0.15, 0.2) is 17.1 Å². The third-order valence-corrected chi connectivity index (χ3v) is 2.06. The van der Waals surface area contributed by atoms with E-state index in [1.165, 1.54) is 6.20 Å². The first-order chi connectivity index (χ1) is 7.72. The van der Waals surface area contributed by atoms with Crippen molar-refractivity contribution in [1.29, 1.82) is 0 Å². The maximum atomic E-state index is 11.4. The summed E-state index contributed by atoms with van der Waals surface area (Å²) in [7, 11) is 0. The lowest BCUT2D eigenvalue weighted by atomic mass is 10.2. The number of nitrogens with zero attached hydrogens (tertiary/aromatic N) is 1. The average molecular weight is 224 g/mol. The third-order valence-electron chi connectivity index (χ3n) is 2.06. The highest BCUT2D eigenvalue weighted by Crippen LogP contribution is 2.02. The molecule has 6 nitrogen and oxygen atoms in total. The first-order valence-corrected chi connectivity index (χ1v) is 5.27. The van der Waals surface area contributed by atoms with Crippen LogP contribution in [0.5, 0.6) is 0 Å². The molecule has 0 aromatic carbocycles. The summed E-state index contributed by atoms with van der Waals surface area (Å²) in [5, 5.41) is 2.59. The monoisotopic (exact) mass is 224 g/mol. The van der Waals surface area contributed by atoms with Crippen LogP contribution in [0, 0.1) is 0 Å². The van der Waals surface area contributed by atoms with E-state index in [2.05, 4.69) is 15.3 Å². The zero-order chi connectivity index (χ0) is 11.8. The van der Waals surface area contributed by atoms with Gasteiger partial charge in [-0.2, -0.15) is 0 Å². The number of carbonyl (C=O) groups excluding carboxylic acids is 1. The molecule has 0 saturated carbocycles. The maximum Gasteiger partial charge on any atom is 0.346 e. The van der Waals surface area contributed by atoms with Crippen LogP contribution >= 0.6 is 0 Å². The summed E-state index contributed by atoms with van der Waals surface area (Å²) >= 11 is 0. The normalized spacial score (nSPS) is 10.1. The second-order valence-corrected chi connectivity index (χ2v) is 3.44. The number of anilines is 1. The lowest BCUT2D eigenvalue weighted by Crippen LogP contribution is -2.17. The largest absolute Gasteiger partial charge is 0.346 e. The van der Waals surface area contributed by atoms with Gasteiger partial charge in [-0.15, -0.1) is 0 Å². The van der Waals surface area contributed by atoms with Gasteiger partial charge in [0, 0.05) is 12.6 Å². The summed E-state index contributed by atoms with van der Waals surface area (Å²) < 4.78 is 0. The van der Waals surface area contributed by atoms with Gasteiger partial charge in [0.15, 0.2) is 0 Å². The van der Waals surface area contributed by atoms with Crippen LogP contribution in [-0.2, 0) is 4.79 Å². The van der Waals surface area contributed by atoms with E-state index in [0.717, 1.165) is 19.3 Å². The van der Waals surface area contributed by atoms with E-state index in [1.807, 2.05) is 0 Å². The van der Waals surface area contributed by atoms with E-state index in [-0.39, 0.29) is 5.91 Å². The van der Waals surface area contributed by atoms with Gasteiger partial charge in [-0.05, 0) is 25.5 Å². The molecule has 1 aromatic heterocycles. The first-order valence-electron chi connectivity index (χ1n) is 5.27. The number of amides is 1. The molecule has 0 radical (unpaired) electrons. The summed E-state index contributed by atoms with van der Waals surface area (Å²) in [4.78, 5) is 28.1. The Kier molecular flexibility index (Phi) is 5.21. The van der Waals surface area contributed by atoms with Gasteiger partial charge in [0.1, 0.15) is 5.82 Å². The molecule has 0 atom stereocenters. The smallest absolute Gasteiger partial charge is 0.330 e. The molecule has 0 unspecified atom stereocenters. The molecule has 0 bridgehead atoms. The fourth-order valence-electron chi connectivity index (χ4n) is 1.26. The van der Waals surface area contributed by atoms with Crippen LogP contribution in [-0.4, -0.2) is 22.4 Å². The molecule has 1 aromatic rings. The molecule has 4 N–H and O–H groups in total. The van der Waals surface area contributed by atoms with Gasteiger partial charge in [0.25, 0.3) is 0 Å². The Hall–Kier alpha value is -1.69. The molecule has 0 fully saturated rings. The highest BCUT2D eigenvalue weighted by molar-refractivity contribution is 5.89. The molecule has 1 rings (SSSR count). The van der Waals surface area contributed by atoms with Gasteiger partial charge >= 0.3 is 5.69 Å². The first kappa shape index (κ1) is 12.4. The van der Waals surface area contributed by atoms with Crippen LogP contribution in [0.3, 0.4) is 0 Å². The third kappa shape index (κ3) is 4.70. The molecular weight excluding hydrogens is 208 g/mol. The van der Waals surface area contributed by atoms with E-state index in [1.54, 1.807) is 6.07 Å². The molecule has 16 heavy (non-hydrogen) atoms. The van der Waals surface area contributed by atoms with Gasteiger partial charge in [-0.25, -0.2) is 9.78 Å². The number of nitrogens with two attached hydrogens (primary N) is 1. The Morgan fingerprint density at radius 2 is 2.25 bits per heavy atom. The van der Waals surface area contributed by atoms with Crippen molar-refractivity contribution in [2.45, 2.75) is 25.7 Å². The van der Waals surface area contributed by atoms with Crippen molar-refractivity contribution in [3.05, 3.63) is 22.7 Å². The average Bonchev–Trinajstić information content (AvgIpc) is 2.24. The number of hydrogen-bond acceptors (Lipinski definition) is 4. The second kappa shape index (κ2) is 6.73. The molecule has 6 heteroatoms. The van der Waals surface area contributed by atoms with Crippen LogP contribution in [0.2, 0.25) is 0 Å². The number of hydrogen-bond donors (Lipinski definition) is 3. The SMILES string of the molecule is NCCCCCC(=O)Nc1ccnc(=O)[nH]1. The topological polar surface area (TPSA) is 101 Å². The Bertz CT molecular complexity index is 388. The van der Waals surface area contributed by atoms with E-state index in [4.69, 9.17) is 5.73 Å². The van der Waals surface area contributed by atoms with Crippen molar-refractivity contribution < 1.29 is 4.79 Å². The van der Waals surface area contributed by atoms with Crippen LogP contribution in [0.1, 0.15) is 25.7 Å². The van der Waals surface area contributed by atoms with E-state index in [9.17, 15) is 9.59 Å². The summed E-state index contributed by atoms with van der Waals surface area (Å²) in [5.41, 5.74) is 4.87. The Morgan fingerprint density at radius 1 is 1.44 bits per heavy atom. The standard InChI is InChI=1S/C10H16N4O2/c11-6-3-1-2-4-9(15)13-8-5-7-12-10(16)14-8/h5,7H,1-4,6,11H2,(H2,12,13,14,15,16). The molecule has 0 aliphatic carbocycles. The van der Waals surface area contributed by atoms with Crippen molar-refractivity contribution in [1.82, 2.24) is 9.97 Å². The molecule has 1 heterocycles. The van der Waals surface area contributed by atoms with Gasteiger partial charge < -0.3 is 11.1 Å². The summed E-state index contributed by atoms with van der Waals surface area (Å²) in [5.74, 6) is 0.266. The lowest BCUT2D eigenvalue weighted by molar-refractivity contribution is -0.116. The molecular formula is C10H16N4O2. The number of rotatable bonds is 6. The van der Waals surface area contributed by atoms with E-state index >= 15 is 0 Å². The van der Waals surface area contributed by atoms with Crippen molar-refractivity contribution in [2.75, 3.05) is 11.9 Å². The molecule has 0 aliphatic heterocycles. The Balaban J connectivity index is 2.31. The van der Waals surface area contributed by atoms with Crippen LogP contribution < -0.4 is 16.7 Å². The highest BCUT2D eigenvalue weighted by Gasteiger charge is 2.02. The van der Waals surface area contributed by atoms with Gasteiger partial charge in [-0.3, -0.25) is 9.78 Å². The van der Waals surface area contributed by atoms with Crippen LogP contribution in [0.4, 0.5) is 5.82 Å². The number of carbonyl (C=O) groups is 1. The highest BCUT2D eigenvalue weighted by atomic mass is 16.2. The predicted molar refractivity (Wildman–Crippen MR) is 61.0 cm³/mol. The Labute approximate surface area is 93.3 Å². The lowest BCUT2D eigenvalue weighted by Gasteiger charge is -2.03. The number of aromatic nitrogens is 2. The van der Waals surface area contributed by atoms with Crippen molar-refractivity contribution >= 4 is 11.7 Å². The summed E-state index contributed by atoms with van der Waals surface area (Å²) in [6, 6.07) is 1.54. The fourth-order valence-corrected chi connectivity index (χ4v) is 1.26. The summed E-state index contributed by atoms with van der Waals surface area (Å²) in [6.45, 7) is 0.652. The number of aromatic amines is 1. The molecule has 1 amide bonds. The quantitative estimate of drug-likeness (QED) is 0.602. The van der Waals surface area contributed by atoms with Gasteiger partial charge in [0.05, 0.1) is 0 Å². The van der Waals surface area contributed by atoms with E-state index in [0.29, 0.717) is 18.8 Å². The van der Waals surface area contributed by atoms with Crippen molar-refractivity contribution in [3.8, 4) is 0 Å². The second-order valence-electron chi connectivity index (χ2n) is 3.44. The molecule has 88 valence electrons. The number of nitrogens with one attached hydrogen (secondary N) is 2. The molecule has 0 spiro atoms. The minimum atomic E-state index is -0.471. The predicted octanol–water partition coefficient (Wildman–Crippen LogP) is 0.228. The van der Waals surface area contributed by atoms with Gasteiger partial charge in [0.2, 0.25) is 5.91 Å². The van der Waals surface area contributed by atoms with Crippen molar-refractivity contribution in [3.63, 3.8) is 0 Å². The number of H-pyrrole nitrogens is 1. The van der Waals surface area contributed by atoms with Crippen molar-refractivity contribution in [2.24, 2.45) is 5.73 Å². The fraction of sp³-hybridized carbons (Fsp3) is 0.500. The van der Waals surface area contributed by atoms with Gasteiger partial charge in [-0.1, -0.05) is 6.42 Å². The minimum Gasteiger partial charge on any atom is -0.330 e. The van der Waals surface area contributed by atoms with E-state index < -0.39 is 5.69 Å². The summed E-state index contributed by atoms with van der Waals surface area (Å²) in [6.07, 6.45) is 4.46. The molecule has 0 aliphatic rings.